The summed E-state index contributed by atoms with van der Waals surface area (Å²) in [5.74, 6) is 0.984. The molecule has 0 atom stereocenters. The minimum Gasteiger partial charge on any atom is -0.508 e. The summed E-state index contributed by atoms with van der Waals surface area (Å²) in [7, 11) is 1.61. The molecule has 2 rings (SSSR count). The van der Waals surface area contributed by atoms with Gasteiger partial charge in [0.2, 0.25) is 0 Å². The van der Waals surface area contributed by atoms with Crippen LogP contribution in [0.25, 0.3) is 0 Å². The highest BCUT2D eigenvalue weighted by Crippen LogP contribution is 2.24. The molecule has 4 nitrogen and oxygen atoms in total. The zero-order valence-electron chi connectivity index (χ0n) is 10.5. The maximum atomic E-state index is 9.77. The smallest absolute Gasteiger partial charge is 0.120 e. The molecule has 0 saturated carbocycles. The lowest BCUT2D eigenvalue weighted by Crippen LogP contribution is -2.02. The SMILES string of the molecule is COc1ccc(O)c(CNc2cnccc2C)c1. The monoisotopic (exact) mass is 244 g/mol. The normalized spacial score (nSPS) is 10.1. The van der Waals surface area contributed by atoms with Gasteiger partial charge in [0.1, 0.15) is 11.5 Å². The largest absolute Gasteiger partial charge is 0.508 e. The number of aromatic nitrogens is 1. The number of hydrogen-bond acceptors (Lipinski definition) is 4. The van der Waals surface area contributed by atoms with Crippen LogP contribution in [-0.4, -0.2) is 17.2 Å². The van der Waals surface area contributed by atoms with E-state index >= 15 is 0 Å². The van der Waals surface area contributed by atoms with Crippen LogP contribution in [0, 0.1) is 6.92 Å². The van der Waals surface area contributed by atoms with Crippen LogP contribution in [0.1, 0.15) is 11.1 Å². The Hall–Kier alpha value is -2.23. The number of rotatable bonds is 4. The highest BCUT2D eigenvalue weighted by Gasteiger charge is 2.04. The maximum absolute atomic E-state index is 9.77. The summed E-state index contributed by atoms with van der Waals surface area (Å²) in [5.41, 5.74) is 2.87. The third-order valence-electron chi connectivity index (χ3n) is 2.80. The number of methoxy groups -OCH3 is 1. The third kappa shape index (κ3) is 2.71. The summed E-state index contributed by atoms with van der Waals surface area (Å²) in [6, 6.07) is 7.11. The van der Waals surface area contributed by atoms with Gasteiger partial charge in [-0.3, -0.25) is 4.98 Å². The molecule has 0 amide bonds. The number of hydrogen-bond donors (Lipinski definition) is 2. The van der Waals surface area contributed by atoms with Crippen molar-refractivity contribution in [3.05, 3.63) is 47.8 Å². The summed E-state index contributed by atoms with van der Waals surface area (Å²) in [5, 5.41) is 13.0. The molecule has 1 aromatic carbocycles. The molecule has 1 heterocycles. The molecule has 4 heteroatoms. The Kier molecular flexibility index (Phi) is 3.67. The third-order valence-corrected chi connectivity index (χ3v) is 2.80. The molecule has 0 saturated heterocycles. The van der Waals surface area contributed by atoms with Gasteiger partial charge < -0.3 is 15.2 Å². The second-order valence-electron chi connectivity index (χ2n) is 4.04. The second kappa shape index (κ2) is 5.40. The van der Waals surface area contributed by atoms with Gasteiger partial charge in [0.25, 0.3) is 0 Å². The quantitative estimate of drug-likeness (QED) is 0.868. The minimum atomic E-state index is 0.254. The van der Waals surface area contributed by atoms with E-state index in [1.165, 1.54) is 0 Å². The van der Waals surface area contributed by atoms with Gasteiger partial charge in [-0.1, -0.05) is 0 Å². The van der Waals surface area contributed by atoms with Crippen LogP contribution in [0.15, 0.2) is 36.7 Å². The standard InChI is InChI=1S/C14H16N2O2/c1-10-5-6-15-9-13(10)16-8-11-7-12(18-2)3-4-14(11)17/h3-7,9,16-17H,8H2,1-2H3. The predicted molar refractivity (Wildman–Crippen MR) is 71.0 cm³/mol. The summed E-state index contributed by atoms with van der Waals surface area (Å²) >= 11 is 0. The van der Waals surface area contributed by atoms with Crippen molar-refractivity contribution < 1.29 is 9.84 Å². The van der Waals surface area contributed by atoms with Crippen molar-refractivity contribution in [1.82, 2.24) is 4.98 Å². The van der Waals surface area contributed by atoms with Crippen LogP contribution in [0.4, 0.5) is 5.69 Å². The predicted octanol–water partition coefficient (Wildman–Crippen LogP) is 2.72. The number of anilines is 1. The summed E-state index contributed by atoms with van der Waals surface area (Å²) in [6.07, 6.45) is 3.52. The average molecular weight is 244 g/mol. The zero-order valence-corrected chi connectivity index (χ0v) is 10.5. The molecule has 0 radical (unpaired) electrons. The van der Waals surface area contributed by atoms with E-state index in [1.807, 2.05) is 19.1 Å². The van der Waals surface area contributed by atoms with Gasteiger partial charge in [0.05, 0.1) is 19.0 Å². The molecule has 18 heavy (non-hydrogen) atoms. The Morgan fingerprint density at radius 2 is 2.17 bits per heavy atom. The lowest BCUT2D eigenvalue weighted by atomic mass is 10.1. The molecular formula is C14H16N2O2. The van der Waals surface area contributed by atoms with E-state index in [0.29, 0.717) is 6.54 Å². The first kappa shape index (κ1) is 12.2. The van der Waals surface area contributed by atoms with Crippen molar-refractivity contribution in [2.45, 2.75) is 13.5 Å². The van der Waals surface area contributed by atoms with Crippen molar-refractivity contribution in [3.63, 3.8) is 0 Å². The van der Waals surface area contributed by atoms with Gasteiger partial charge in [-0.25, -0.2) is 0 Å². The topological polar surface area (TPSA) is 54.4 Å². The highest BCUT2D eigenvalue weighted by molar-refractivity contribution is 5.50. The maximum Gasteiger partial charge on any atom is 0.120 e. The number of nitrogens with zero attached hydrogens (tertiary/aromatic N) is 1. The van der Waals surface area contributed by atoms with Crippen molar-refractivity contribution in [2.75, 3.05) is 12.4 Å². The van der Waals surface area contributed by atoms with Crippen molar-refractivity contribution in [1.29, 1.82) is 0 Å². The fourth-order valence-corrected chi connectivity index (χ4v) is 1.67. The van der Waals surface area contributed by atoms with Crippen LogP contribution in [0.5, 0.6) is 11.5 Å². The van der Waals surface area contributed by atoms with E-state index in [9.17, 15) is 5.11 Å². The van der Waals surface area contributed by atoms with Gasteiger partial charge in [-0.15, -0.1) is 0 Å². The van der Waals surface area contributed by atoms with Crippen molar-refractivity contribution in [3.8, 4) is 11.5 Å². The lowest BCUT2D eigenvalue weighted by Gasteiger charge is -2.11. The molecular weight excluding hydrogens is 228 g/mol. The summed E-state index contributed by atoms with van der Waals surface area (Å²) in [6.45, 7) is 2.53. The Morgan fingerprint density at radius 1 is 1.33 bits per heavy atom. The zero-order chi connectivity index (χ0) is 13.0. The number of aryl methyl sites for hydroxylation is 1. The Labute approximate surface area is 106 Å². The molecule has 1 aromatic heterocycles. The summed E-state index contributed by atoms with van der Waals surface area (Å²) in [4.78, 5) is 4.06. The number of benzene rings is 1. The van der Waals surface area contributed by atoms with Crippen LogP contribution < -0.4 is 10.1 Å². The average Bonchev–Trinajstić information content (AvgIpc) is 2.39. The first-order valence-corrected chi connectivity index (χ1v) is 5.71. The van der Waals surface area contributed by atoms with Gasteiger partial charge in [-0.05, 0) is 36.8 Å². The Morgan fingerprint density at radius 3 is 2.89 bits per heavy atom. The highest BCUT2D eigenvalue weighted by atomic mass is 16.5. The van der Waals surface area contributed by atoms with Crippen molar-refractivity contribution in [2.24, 2.45) is 0 Å². The van der Waals surface area contributed by atoms with E-state index in [2.05, 4.69) is 10.3 Å². The first-order valence-electron chi connectivity index (χ1n) is 5.71. The molecule has 2 N–H and O–H groups in total. The second-order valence-corrected chi connectivity index (χ2v) is 4.04. The van der Waals surface area contributed by atoms with Gasteiger partial charge in [0.15, 0.2) is 0 Å². The molecule has 0 bridgehead atoms. The van der Waals surface area contributed by atoms with E-state index in [1.54, 1.807) is 31.6 Å². The van der Waals surface area contributed by atoms with E-state index in [4.69, 9.17) is 4.74 Å². The lowest BCUT2D eigenvalue weighted by molar-refractivity contribution is 0.411. The number of ether oxygens (including phenoxy) is 1. The molecule has 0 spiro atoms. The number of pyridine rings is 1. The van der Waals surface area contributed by atoms with Gasteiger partial charge >= 0.3 is 0 Å². The number of aromatic hydroxyl groups is 1. The van der Waals surface area contributed by atoms with Gasteiger partial charge in [0, 0.05) is 18.3 Å². The number of nitrogens with one attached hydrogen (secondary N) is 1. The summed E-state index contributed by atoms with van der Waals surface area (Å²) < 4.78 is 5.13. The van der Waals surface area contributed by atoms with Crippen LogP contribution in [0.2, 0.25) is 0 Å². The van der Waals surface area contributed by atoms with E-state index in [0.717, 1.165) is 22.6 Å². The minimum absolute atomic E-state index is 0.254. The van der Waals surface area contributed by atoms with Crippen LogP contribution >= 0.6 is 0 Å². The van der Waals surface area contributed by atoms with E-state index in [-0.39, 0.29) is 5.75 Å². The molecule has 0 aliphatic rings. The Bertz CT molecular complexity index is 541. The van der Waals surface area contributed by atoms with Crippen LogP contribution in [0.3, 0.4) is 0 Å². The molecule has 0 aliphatic carbocycles. The van der Waals surface area contributed by atoms with Crippen LogP contribution in [-0.2, 0) is 6.54 Å². The van der Waals surface area contributed by atoms with Crippen molar-refractivity contribution >= 4 is 5.69 Å². The number of phenolic OH excluding ortho intramolecular Hbond substituents is 1. The fraction of sp³-hybridized carbons (Fsp3) is 0.214. The molecule has 94 valence electrons. The molecule has 0 aliphatic heterocycles. The first-order chi connectivity index (χ1) is 8.70. The molecule has 0 unspecified atom stereocenters. The van der Waals surface area contributed by atoms with Gasteiger partial charge in [-0.2, -0.15) is 0 Å². The fourth-order valence-electron chi connectivity index (χ4n) is 1.67. The molecule has 2 aromatic rings. The molecule has 0 fully saturated rings. The van der Waals surface area contributed by atoms with E-state index < -0.39 is 0 Å². The number of phenols is 1. The Balaban J connectivity index is 2.13.